The molecular weight excluding hydrogens is 201 g/mol. The Balaban J connectivity index is 3.17. The molecule has 0 bridgehead atoms. The molecule has 0 atom stereocenters. The molecule has 38 valence electrons. The third-order valence-electron chi connectivity index (χ3n) is 0.401. The van der Waals surface area contributed by atoms with Crippen molar-refractivity contribution in [2.75, 3.05) is 0 Å². The lowest BCUT2D eigenvalue weighted by atomic mass is 10.5. The van der Waals surface area contributed by atoms with E-state index in [2.05, 4.69) is 0 Å². The van der Waals surface area contributed by atoms with Gasteiger partial charge < -0.3 is 0 Å². The first-order chi connectivity index (χ1) is 2.56. The van der Waals surface area contributed by atoms with Crippen LogP contribution in [0.1, 0.15) is 13.3 Å². The third-order valence-corrected chi connectivity index (χ3v) is 1.16. The monoisotopic (exact) mass is 206 g/mol. The Morgan fingerprint density at radius 2 is 1.83 bits per heavy atom. The van der Waals surface area contributed by atoms with E-state index in [9.17, 15) is 8.78 Å². The minimum atomic E-state index is -2.49. The highest BCUT2D eigenvalue weighted by Gasteiger charge is 2.18. The molecule has 6 heavy (non-hydrogen) atoms. The summed E-state index contributed by atoms with van der Waals surface area (Å²) >= 11 is 1.11. The van der Waals surface area contributed by atoms with Crippen molar-refractivity contribution in [3.63, 3.8) is 0 Å². The van der Waals surface area contributed by atoms with Gasteiger partial charge in [0.15, 0.2) is 0 Å². The number of alkyl halides is 3. The molecule has 0 saturated heterocycles. The van der Waals surface area contributed by atoms with Crippen molar-refractivity contribution in [3.8, 4) is 0 Å². The number of hydrogen-bond acceptors (Lipinski definition) is 0. The first-order valence-electron chi connectivity index (χ1n) is 1.63. The van der Waals surface area contributed by atoms with E-state index in [1.165, 1.54) is 6.92 Å². The van der Waals surface area contributed by atoms with Crippen LogP contribution in [-0.2, 0) is 0 Å². The Morgan fingerprint density at radius 3 is 1.83 bits per heavy atom. The van der Waals surface area contributed by atoms with Gasteiger partial charge >= 0.3 is 0 Å². The van der Waals surface area contributed by atoms with Gasteiger partial charge in [0.2, 0.25) is 0 Å². The van der Waals surface area contributed by atoms with Crippen LogP contribution in [0.5, 0.6) is 0 Å². The summed E-state index contributed by atoms with van der Waals surface area (Å²) in [5, 5.41) is 0. The molecule has 0 aromatic heterocycles. The van der Waals surface area contributed by atoms with Gasteiger partial charge in [0.1, 0.15) is 0 Å². The standard InChI is InChI=1S/C3H5F2I/c1-2-3(4,5)6/h2H2,1H3. The average Bonchev–Trinajstić information content (AvgIpc) is 1.35. The minimum absolute atomic E-state index is 0.0758. The van der Waals surface area contributed by atoms with E-state index in [4.69, 9.17) is 0 Å². The van der Waals surface area contributed by atoms with E-state index in [0.29, 0.717) is 0 Å². The molecule has 3 heteroatoms. The smallest absolute Gasteiger partial charge is 0.195 e. The minimum Gasteiger partial charge on any atom is -0.195 e. The van der Waals surface area contributed by atoms with Crippen LogP contribution in [0.25, 0.3) is 0 Å². The highest BCUT2D eigenvalue weighted by molar-refractivity contribution is 14.1. The van der Waals surface area contributed by atoms with E-state index in [1.54, 1.807) is 0 Å². The van der Waals surface area contributed by atoms with Gasteiger partial charge in [0.05, 0.1) is 0 Å². The molecule has 0 unspecified atom stereocenters. The average molecular weight is 206 g/mol. The first-order valence-corrected chi connectivity index (χ1v) is 2.71. The summed E-state index contributed by atoms with van der Waals surface area (Å²) in [6, 6.07) is 0. The first kappa shape index (κ1) is 6.59. The maximum atomic E-state index is 11.4. The lowest BCUT2D eigenvalue weighted by Gasteiger charge is -1.99. The second-order valence-electron chi connectivity index (χ2n) is 0.969. The highest BCUT2D eigenvalue weighted by Crippen LogP contribution is 2.25. The second-order valence-corrected chi connectivity index (χ2v) is 2.55. The van der Waals surface area contributed by atoms with Crippen molar-refractivity contribution in [2.45, 2.75) is 17.3 Å². The van der Waals surface area contributed by atoms with E-state index < -0.39 is 3.93 Å². The Labute approximate surface area is 49.1 Å². The Morgan fingerprint density at radius 1 is 1.67 bits per heavy atom. The van der Waals surface area contributed by atoms with Crippen LogP contribution in [0.15, 0.2) is 0 Å². The molecule has 0 heterocycles. The topological polar surface area (TPSA) is 0 Å². The van der Waals surface area contributed by atoms with Crippen LogP contribution in [0.2, 0.25) is 0 Å². The maximum Gasteiger partial charge on any atom is 0.296 e. The number of hydrogen-bond donors (Lipinski definition) is 0. The fraction of sp³-hybridized carbons (Fsp3) is 1.00. The van der Waals surface area contributed by atoms with Crippen molar-refractivity contribution in [1.82, 2.24) is 0 Å². The summed E-state index contributed by atoms with van der Waals surface area (Å²) in [7, 11) is 0. The summed E-state index contributed by atoms with van der Waals surface area (Å²) in [4.78, 5) is 0. The molecule has 0 N–H and O–H groups in total. The molecule has 0 saturated carbocycles. The van der Waals surface area contributed by atoms with Gasteiger partial charge in [-0.2, -0.15) is 8.78 Å². The van der Waals surface area contributed by atoms with Crippen molar-refractivity contribution in [1.29, 1.82) is 0 Å². The molecular formula is C3H5F2I. The predicted octanol–water partition coefficient (Wildman–Crippen LogP) is 2.42. The lowest BCUT2D eigenvalue weighted by molar-refractivity contribution is 0.123. The normalized spacial score (nSPS) is 12.0. The summed E-state index contributed by atoms with van der Waals surface area (Å²) < 4.78 is 20.4. The van der Waals surface area contributed by atoms with Crippen molar-refractivity contribution in [2.24, 2.45) is 0 Å². The Kier molecular flexibility index (Phi) is 2.25. The SMILES string of the molecule is CCC(F)(F)I. The van der Waals surface area contributed by atoms with Crippen LogP contribution in [0.4, 0.5) is 8.78 Å². The molecule has 0 amide bonds. The largest absolute Gasteiger partial charge is 0.296 e. The van der Waals surface area contributed by atoms with Crippen LogP contribution in [-0.4, -0.2) is 3.93 Å². The fourth-order valence-corrected chi connectivity index (χ4v) is 0. The molecule has 0 rings (SSSR count). The van der Waals surface area contributed by atoms with Crippen LogP contribution in [0.3, 0.4) is 0 Å². The van der Waals surface area contributed by atoms with Crippen molar-refractivity contribution >= 4 is 22.6 Å². The number of halogens is 3. The quantitative estimate of drug-likeness (QED) is 0.456. The molecule has 0 aliphatic carbocycles. The van der Waals surface area contributed by atoms with Gasteiger partial charge in [-0.1, -0.05) is 6.92 Å². The third kappa shape index (κ3) is 4.59. The van der Waals surface area contributed by atoms with Crippen LogP contribution >= 0.6 is 22.6 Å². The lowest BCUT2D eigenvalue weighted by Crippen LogP contribution is -1.99. The molecule has 0 aromatic carbocycles. The molecule has 0 nitrogen and oxygen atoms in total. The van der Waals surface area contributed by atoms with E-state index >= 15 is 0 Å². The Hall–Kier alpha value is 0.590. The zero-order valence-corrected chi connectivity index (χ0v) is 5.50. The Bertz CT molecular complexity index is 38.5. The fourth-order valence-electron chi connectivity index (χ4n) is 0. The molecule has 0 aromatic rings. The van der Waals surface area contributed by atoms with Gasteiger partial charge in [0.25, 0.3) is 3.93 Å². The molecule has 0 fully saturated rings. The van der Waals surface area contributed by atoms with Gasteiger partial charge in [-0.25, -0.2) is 0 Å². The zero-order chi connectivity index (χ0) is 5.21. The summed E-state index contributed by atoms with van der Waals surface area (Å²) in [6.45, 7) is 1.45. The summed E-state index contributed by atoms with van der Waals surface area (Å²) in [5.41, 5.74) is 0. The van der Waals surface area contributed by atoms with E-state index in [1.807, 2.05) is 0 Å². The van der Waals surface area contributed by atoms with Gasteiger partial charge in [-0.15, -0.1) is 0 Å². The van der Waals surface area contributed by atoms with Gasteiger partial charge in [-0.05, 0) is 22.6 Å². The van der Waals surface area contributed by atoms with Crippen LogP contribution in [0, 0.1) is 0 Å². The summed E-state index contributed by atoms with van der Waals surface area (Å²) in [6.07, 6.45) is -0.0758. The van der Waals surface area contributed by atoms with Crippen LogP contribution < -0.4 is 0 Å². The molecule has 0 spiro atoms. The molecule has 0 radical (unpaired) electrons. The summed E-state index contributed by atoms with van der Waals surface area (Å²) in [5.74, 6) is 0. The van der Waals surface area contributed by atoms with Gasteiger partial charge in [-0.3, -0.25) is 0 Å². The zero-order valence-electron chi connectivity index (χ0n) is 3.34. The maximum absolute atomic E-state index is 11.4. The number of rotatable bonds is 1. The highest BCUT2D eigenvalue weighted by atomic mass is 127. The van der Waals surface area contributed by atoms with E-state index in [-0.39, 0.29) is 6.42 Å². The van der Waals surface area contributed by atoms with Crippen molar-refractivity contribution in [3.05, 3.63) is 0 Å². The van der Waals surface area contributed by atoms with Crippen molar-refractivity contribution < 1.29 is 8.78 Å². The second kappa shape index (κ2) is 2.04. The van der Waals surface area contributed by atoms with Gasteiger partial charge in [0, 0.05) is 6.42 Å². The molecule has 0 aliphatic rings. The van der Waals surface area contributed by atoms with E-state index in [0.717, 1.165) is 22.6 Å². The molecule has 0 aliphatic heterocycles. The predicted molar refractivity (Wildman–Crippen MR) is 29.3 cm³/mol.